The fourth-order valence-corrected chi connectivity index (χ4v) is 4.33. The van der Waals surface area contributed by atoms with E-state index in [0.717, 1.165) is 0 Å². The zero-order valence-corrected chi connectivity index (χ0v) is 21.5. The van der Waals surface area contributed by atoms with E-state index in [2.05, 4.69) is 15.4 Å². The molecule has 1 aromatic carbocycles. The Morgan fingerprint density at radius 2 is 1.49 bits per heavy atom. The van der Waals surface area contributed by atoms with Gasteiger partial charge in [0.1, 0.15) is 18.1 Å². The molecule has 1 saturated heterocycles. The summed E-state index contributed by atoms with van der Waals surface area (Å²) < 4.78 is 4.61. The van der Waals surface area contributed by atoms with Crippen molar-refractivity contribution in [2.75, 3.05) is 13.7 Å². The van der Waals surface area contributed by atoms with Crippen molar-refractivity contribution in [3.63, 3.8) is 0 Å². The van der Waals surface area contributed by atoms with Crippen LogP contribution in [-0.2, 0) is 24.0 Å². The van der Waals surface area contributed by atoms with Gasteiger partial charge in [-0.15, -0.1) is 0 Å². The summed E-state index contributed by atoms with van der Waals surface area (Å²) in [5, 5.41) is 5.52. The van der Waals surface area contributed by atoms with Crippen LogP contribution in [0.3, 0.4) is 0 Å². The average Bonchev–Trinajstić information content (AvgIpc) is 3.45. The molecule has 2 heterocycles. The van der Waals surface area contributed by atoms with Crippen LogP contribution in [0.25, 0.3) is 0 Å². The molecule has 12 nitrogen and oxygen atoms in total. The summed E-state index contributed by atoms with van der Waals surface area (Å²) in [6, 6.07) is 3.12. The number of hydrogen-bond donors (Lipinski definition) is 2. The number of hydrogen-bond acceptors (Lipinski definition) is 8. The SMILES string of the molecule is COC(=O)N[C@H](C(=O)N1CCC[C@H]1C(=O)N[C@H](C(=O)ON1C(=O)c2ccccc2C1=O)C(C)C)C(C)C. The Morgan fingerprint density at radius 3 is 2.00 bits per heavy atom. The molecule has 3 atom stereocenters. The molecule has 0 unspecified atom stereocenters. The van der Waals surface area contributed by atoms with Crippen LogP contribution in [0.5, 0.6) is 0 Å². The molecule has 5 amide bonds. The summed E-state index contributed by atoms with van der Waals surface area (Å²) in [4.78, 5) is 82.8. The highest BCUT2D eigenvalue weighted by Crippen LogP contribution is 2.24. The van der Waals surface area contributed by atoms with Crippen LogP contribution in [0.4, 0.5) is 4.79 Å². The lowest BCUT2D eigenvalue weighted by Crippen LogP contribution is -2.57. The van der Waals surface area contributed by atoms with Crippen LogP contribution in [0, 0.1) is 11.8 Å². The molecule has 0 bridgehead atoms. The Kier molecular flexibility index (Phi) is 8.51. The summed E-state index contributed by atoms with van der Waals surface area (Å²) in [7, 11) is 1.19. The Labute approximate surface area is 214 Å². The number of amides is 5. The number of carbonyl (C=O) groups is 6. The normalized spacial score (nSPS) is 18.5. The van der Waals surface area contributed by atoms with E-state index in [0.29, 0.717) is 24.4 Å². The number of rotatable bonds is 8. The zero-order chi connectivity index (χ0) is 27.4. The Bertz CT molecular complexity index is 1070. The summed E-state index contributed by atoms with van der Waals surface area (Å²) in [6.07, 6.45) is 0.153. The second kappa shape index (κ2) is 11.4. The van der Waals surface area contributed by atoms with E-state index in [4.69, 9.17) is 4.84 Å². The van der Waals surface area contributed by atoms with E-state index in [1.54, 1.807) is 39.8 Å². The molecule has 12 heteroatoms. The van der Waals surface area contributed by atoms with Gasteiger partial charge in [-0.2, -0.15) is 0 Å². The maximum atomic E-state index is 13.2. The highest BCUT2D eigenvalue weighted by molar-refractivity contribution is 6.21. The number of alkyl carbamates (subject to hydrolysis) is 1. The molecule has 37 heavy (non-hydrogen) atoms. The van der Waals surface area contributed by atoms with E-state index in [-0.39, 0.29) is 17.0 Å². The van der Waals surface area contributed by atoms with Gasteiger partial charge >= 0.3 is 12.1 Å². The van der Waals surface area contributed by atoms with E-state index in [1.807, 2.05) is 0 Å². The third-order valence-corrected chi connectivity index (χ3v) is 6.39. The molecule has 2 aliphatic rings. The van der Waals surface area contributed by atoms with Gasteiger partial charge in [0.2, 0.25) is 11.8 Å². The van der Waals surface area contributed by atoms with Crippen LogP contribution in [-0.4, -0.2) is 77.4 Å². The number of imide groups is 1. The molecule has 0 aromatic heterocycles. The average molecular weight is 517 g/mol. The number of likely N-dealkylation sites (tertiary alicyclic amines) is 1. The Hall–Kier alpha value is -3.96. The number of ether oxygens (including phenoxy) is 1. The molecule has 200 valence electrons. The fourth-order valence-electron chi connectivity index (χ4n) is 4.33. The maximum Gasteiger partial charge on any atom is 0.407 e. The van der Waals surface area contributed by atoms with Crippen molar-refractivity contribution in [1.29, 1.82) is 0 Å². The predicted octanol–water partition coefficient (Wildman–Crippen LogP) is 1.25. The van der Waals surface area contributed by atoms with Crippen LogP contribution in [0.2, 0.25) is 0 Å². The monoisotopic (exact) mass is 516 g/mol. The van der Waals surface area contributed by atoms with E-state index in [1.165, 1.54) is 24.1 Å². The summed E-state index contributed by atoms with van der Waals surface area (Å²) >= 11 is 0. The summed E-state index contributed by atoms with van der Waals surface area (Å²) in [5.41, 5.74) is 0.233. The number of nitrogens with one attached hydrogen (secondary N) is 2. The Balaban J connectivity index is 1.71. The molecule has 2 aliphatic heterocycles. The zero-order valence-electron chi connectivity index (χ0n) is 21.5. The number of fused-ring (bicyclic) bond motifs is 1. The van der Waals surface area contributed by atoms with Gasteiger partial charge in [0.05, 0.1) is 18.2 Å². The predicted molar refractivity (Wildman–Crippen MR) is 129 cm³/mol. The number of benzene rings is 1. The van der Waals surface area contributed by atoms with Gasteiger partial charge in [-0.3, -0.25) is 19.2 Å². The number of hydroxylamine groups is 2. The van der Waals surface area contributed by atoms with Gasteiger partial charge < -0.3 is 25.1 Å². The van der Waals surface area contributed by atoms with E-state index in [9.17, 15) is 28.8 Å². The van der Waals surface area contributed by atoms with Crippen molar-refractivity contribution in [1.82, 2.24) is 20.6 Å². The fraction of sp³-hybridized carbons (Fsp3) is 0.520. The maximum absolute atomic E-state index is 13.2. The van der Waals surface area contributed by atoms with E-state index >= 15 is 0 Å². The quantitative estimate of drug-likeness (QED) is 0.490. The van der Waals surface area contributed by atoms with Gasteiger partial charge in [-0.1, -0.05) is 44.9 Å². The van der Waals surface area contributed by atoms with Crippen LogP contribution in [0.1, 0.15) is 61.3 Å². The molecule has 0 radical (unpaired) electrons. The summed E-state index contributed by atoms with van der Waals surface area (Å²) in [6.45, 7) is 7.15. The van der Waals surface area contributed by atoms with Crippen molar-refractivity contribution >= 4 is 35.7 Å². The highest BCUT2D eigenvalue weighted by atomic mass is 16.7. The minimum Gasteiger partial charge on any atom is -0.453 e. The largest absolute Gasteiger partial charge is 0.453 e. The third-order valence-electron chi connectivity index (χ3n) is 6.39. The molecule has 0 aliphatic carbocycles. The van der Waals surface area contributed by atoms with Crippen molar-refractivity contribution in [2.24, 2.45) is 11.8 Å². The lowest BCUT2D eigenvalue weighted by atomic mass is 10.0. The Morgan fingerprint density at radius 1 is 0.919 bits per heavy atom. The molecule has 0 spiro atoms. The molecule has 0 saturated carbocycles. The van der Waals surface area contributed by atoms with Crippen molar-refractivity contribution in [3.05, 3.63) is 35.4 Å². The van der Waals surface area contributed by atoms with Crippen LogP contribution >= 0.6 is 0 Å². The number of nitrogens with zero attached hydrogens (tertiary/aromatic N) is 2. The van der Waals surface area contributed by atoms with E-state index < -0.39 is 59.7 Å². The van der Waals surface area contributed by atoms with Crippen molar-refractivity contribution < 1.29 is 38.3 Å². The second-order valence-electron chi connectivity index (χ2n) is 9.64. The van der Waals surface area contributed by atoms with Crippen LogP contribution in [0.15, 0.2) is 24.3 Å². The lowest BCUT2D eigenvalue weighted by molar-refractivity contribution is -0.173. The van der Waals surface area contributed by atoms with Crippen molar-refractivity contribution in [3.8, 4) is 0 Å². The third kappa shape index (κ3) is 5.73. The van der Waals surface area contributed by atoms with Gasteiger partial charge in [-0.05, 0) is 36.8 Å². The number of methoxy groups -OCH3 is 1. The van der Waals surface area contributed by atoms with Crippen LogP contribution < -0.4 is 10.6 Å². The van der Waals surface area contributed by atoms with Crippen molar-refractivity contribution in [2.45, 2.75) is 58.7 Å². The topological polar surface area (TPSA) is 151 Å². The minimum absolute atomic E-state index is 0.116. The first-order valence-electron chi connectivity index (χ1n) is 12.1. The molecular weight excluding hydrogens is 484 g/mol. The summed E-state index contributed by atoms with van der Waals surface area (Å²) in [5.74, 6) is -4.27. The van der Waals surface area contributed by atoms with Gasteiger partial charge in [-0.25, -0.2) is 9.59 Å². The molecule has 1 fully saturated rings. The van der Waals surface area contributed by atoms with Gasteiger partial charge in [0.15, 0.2) is 0 Å². The molecule has 1 aromatic rings. The second-order valence-corrected chi connectivity index (χ2v) is 9.64. The van der Waals surface area contributed by atoms with Gasteiger partial charge in [0, 0.05) is 6.54 Å². The smallest absolute Gasteiger partial charge is 0.407 e. The molecule has 2 N–H and O–H groups in total. The van der Waals surface area contributed by atoms with Gasteiger partial charge in [0.25, 0.3) is 11.8 Å². The highest BCUT2D eigenvalue weighted by Gasteiger charge is 2.43. The first-order valence-corrected chi connectivity index (χ1v) is 12.1. The standard InChI is InChI=1S/C25H32N4O8/c1-13(2)18(27-25(35)36-5)23(33)28-12-8-11-17(28)20(30)26-19(14(3)4)24(34)37-29-21(31)15-9-6-7-10-16(15)22(29)32/h6-7,9-10,13-14,17-19H,8,11-12H2,1-5H3,(H,26,30)(H,27,35)/t17-,18-,19-/m0/s1. The first kappa shape index (κ1) is 27.6. The first-order chi connectivity index (χ1) is 17.5. The molecule has 3 rings (SSSR count). The number of carbonyl (C=O) groups excluding carboxylic acids is 6. The lowest BCUT2D eigenvalue weighted by Gasteiger charge is -2.31. The minimum atomic E-state index is -1.19. The molecular formula is C25H32N4O8.